The van der Waals surface area contributed by atoms with Gasteiger partial charge in [0.15, 0.2) is 5.78 Å². The number of carbonyl (C=O) groups is 1. The Morgan fingerprint density at radius 2 is 2.20 bits per heavy atom. The van der Waals surface area contributed by atoms with Crippen LogP contribution in [0.2, 0.25) is 0 Å². The number of rotatable bonds is 3. The van der Waals surface area contributed by atoms with Gasteiger partial charge in [-0.15, -0.1) is 0 Å². The molecule has 0 bridgehead atoms. The molecule has 1 heterocycles. The number of nitrogens with zero attached hydrogens (tertiary/aromatic N) is 1. The van der Waals surface area contributed by atoms with Gasteiger partial charge in [-0.1, -0.05) is 24.3 Å². The average molecular weight is 200 g/mol. The fourth-order valence-electron chi connectivity index (χ4n) is 1.53. The second-order valence-electron chi connectivity index (χ2n) is 3.45. The second kappa shape index (κ2) is 4.09. The molecule has 1 aromatic heterocycles. The van der Waals surface area contributed by atoms with E-state index in [0.717, 1.165) is 11.1 Å². The van der Waals surface area contributed by atoms with Crippen molar-refractivity contribution in [1.82, 2.24) is 9.97 Å². The maximum atomic E-state index is 11.9. The third-order valence-electron chi connectivity index (χ3n) is 2.33. The first-order valence-electron chi connectivity index (χ1n) is 4.84. The van der Waals surface area contributed by atoms with E-state index in [1.54, 1.807) is 12.4 Å². The first kappa shape index (κ1) is 9.65. The lowest BCUT2D eigenvalue weighted by molar-refractivity contribution is 0.0990. The van der Waals surface area contributed by atoms with E-state index < -0.39 is 0 Å². The number of Topliss-reactive ketones (excluding diaryl/α,β-unsaturated/α-hetero) is 1. The summed E-state index contributed by atoms with van der Waals surface area (Å²) in [5.41, 5.74) is 1.78. The quantitative estimate of drug-likeness (QED) is 0.771. The number of nitrogens with one attached hydrogen (secondary N) is 1. The highest BCUT2D eigenvalue weighted by Crippen LogP contribution is 2.09. The normalized spacial score (nSPS) is 10.2. The van der Waals surface area contributed by atoms with Gasteiger partial charge in [0.2, 0.25) is 0 Å². The van der Waals surface area contributed by atoms with Crippen LogP contribution in [0.25, 0.3) is 0 Å². The van der Waals surface area contributed by atoms with Gasteiger partial charge in [0.1, 0.15) is 5.82 Å². The van der Waals surface area contributed by atoms with Gasteiger partial charge in [0, 0.05) is 18.0 Å². The molecule has 0 aliphatic carbocycles. The van der Waals surface area contributed by atoms with E-state index in [1.165, 1.54) is 0 Å². The Hall–Kier alpha value is -1.90. The van der Waals surface area contributed by atoms with Crippen molar-refractivity contribution in [2.45, 2.75) is 13.3 Å². The predicted octanol–water partition coefficient (Wildman–Crippen LogP) is 2.14. The largest absolute Gasteiger partial charge is 0.348 e. The van der Waals surface area contributed by atoms with Crippen LogP contribution < -0.4 is 0 Å². The lowest BCUT2D eigenvalue weighted by Crippen LogP contribution is -2.06. The summed E-state index contributed by atoms with van der Waals surface area (Å²) in [6, 6.07) is 7.59. The van der Waals surface area contributed by atoms with Crippen LogP contribution in [0.15, 0.2) is 36.7 Å². The summed E-state index contributed by atoms with van der Waals surface area (Å²) in [6.07, 6.45) is 3.71. The van der Waals surface area contributed by atoms with Gasteiger partial charge < -0.3 is 4.98 Å². The molecule has 3 nitrogen and oxygen atoms in total. The van der Waals surface area contributed by atoms with Crippen molar-refractivity contribution in [2.24, 2.45) is 0 Å². The molecule has 0 aliphatic rings. The Kier molecular flexibility index (Phi) is 2.63. The fourth-order valence-corrected chi connectivity index (χ4v) is 1.53. The molecule has 0 fully saturated rings. The molecule has 1 N–H and O–H groups in total. The van der Waals surface area contributed by atoms with Crippen LogP contribution in [-0.2, 0) is 6.42 Å². The predicted molar refractivity (Wildman–Crippen MR) is 57.8 cm³/mol. The van der Waals surface area contributed by atoms with E-state index in [2.05, 4.69) is 9.97 Å². The molecule has 0 saturated carbocycles. The Labute approximate surface area is 88.2 Å². The number of ketones is 1. The number of benzene rings is 1. The number of imidazole rings is 1. The number of hydrogen-bond donors (Lipinski definition) is 1. The number of aromatic nitrogens is 2. The molecular formula is C12H12N2O. The summed E-state index contributed by atoms with van der Waals surface area (Å²) >= 11 is 0. The molecule has 76 valence electrons. The van der Waals surface area contributed by atoms with E-state index in [9.17, 15) is 4.79 Å². The molecule has 0 amide bonds. The molecule has 15 heavy (non-hydrogen) atoms. The van der Waals surface area contributed by atoms with Gasteiger partial charge in [0.25, 0.3) is 0 Å². The van der Waals surface area contributed by atoms with Crippen LogP contribution in [0.5, 0.6) is 0 Å². The highest BCUT2D eigenvalue weighted by atomic mass is 16.1. The molecule has 3 heteroatoms. The number of hydrogen-bond acceptors (Lipinski definition) is 2. The number of aryl methyl sites for hydroxylation is 1. The molecule has 0 radical (unpaired) electrons. The van der Waals surface area contributed by atoms with E-state index in [1.807, 2.05) is 31.2 Å². The molecule has 1 aromatic carbocycles. The van der Waals surface area contributed by atoms with E-state index in [-0.39, 0.29) is 5.78 Å². The van der Waals surface area contributed by atoms with Crippen LogP contribution >= 0.6 is 0 Å². The monoisotopic (exact) mass is 200 g/mol. The minimum atomic E-state index is 0.100. The van der Waals surface area contributed by atoms with Gasteiger partial charge >= 0.3 is 0 Å². The van der Waals surface area contributed by atoms with Crippen LogP contribution in [0.4, 0.5) is 0 Å². The summed E-state index contributed by atoms with van der Waals surface area (Å²) in [4.78, 5) is 18.8. The molecular weight excluding hydrogens is 188 g/mol. The van der Waals surface area contributed by atoms with Gasteiger partial charge in [-0.25, -0.2) is 4.98 Å². The molecule has 0 unspecified atom stereocenters. The number of carbonyl (C=O) groups excluding carboxylic acids is 1. The Morgan fingerprint density at radius 1 is 1.40 bits per heavy atom. The summed E-state index contributed by atoms with van der Waals surface area (Å²) < 4.78 is 0. The maximum Gasteiger partial charge on any atom is 0.170 e. The van der Waals surface area contributed by atoms with Gasteiger partial charge in [0.05, 0.1) is 6.42 Å². The third kappa shape index (κ3) is 2.13. The van der Waals surface area contributed by atoms with Crippen molar-refractivity contribution in [2.75, 3.05) is 0 Å². The smallest absolute Gasteiger partial charge is 0.170 e. The van der Waals surface area contributed by atoms with Gasteiger partial charge in [-0.2, -0.15) is 0 Å². The zero-order valence-corrected chi connectivity index (χ0v) is 8.53. The van der Waals surface area contributed by atoms with E-state index >= 15 is 0 Å². The summed E-state index contributed by atoms with van der Waals surface area (Å²) in [5.74, 6) is 0.811. The number of aromatic amines is 1. The van der Waals surface area contributed by atoms with Crippen molar-refractivity contribution < 1.29 is 4.79 Å². The molecule has 0 atom stereocenters. The number of H-pyrrole nitrogens is 1. The first-order chi connectivity index (χ1) is 7.27. The minimum absolute atomic E-state index is 0.100. The third-order valence-corrected chi connectivity index (χ3v) is 2.33. The molecule has 0 saturated heterocycles. The Bertz CT molecular complexity index is 460. The standard InChI is InChI=1S/C12H12N2O/c1-9-4-2-3-5-10(9)11(15)8-12-13-6-7-14-12/h2-7H,8H2,1H3,(H,13,14). The average Bonchev–Trinajstić information content (AvgIpc) is 2.71. The molecule has 2 rings (SSSR count). The minimum Gasteiger partial charge on any atom is -0.348 e. The molecule has 0 spiro atoms. The van der Waals surface area contributed by atoms with E-state index in [0.29, 0.717) is 12.2 Å². The zero-order valence-electron chi connectivity index (χ0n) is 8.53. The summed E-state index contributed by atoms with van der Waals surface area (Å²) in [6.45, 7) is 1.94. The zero-order chi connectivity index (χ0) is 10.7. The topological polar surface area (TPSA) is 45.8 Å². The fraction of sp³-hybridized carbons (Fsp3) is 0.167. The van der Waals surface area contributed by atoms with Crippen molar-refractivity contribution >= 4 is 5.78 Å². The maximum absolute atomic E-state index is 11.9. The molecule has 0 aliphatic heterocycles. The Balaban J connectivity index is 2.19. The first-order valence-corrected chi connectivity index (χ1v) is 4.84. The summed E-state index contributed by atoms with van der Waals surface area (Å²) in [7, 11) is 0. The SMILES string of the molecule is Cc1ccccc1C(=O)Cc1ncc[nH]1. The van der Waals surface area contributed by atoms with E-state index in [4.69, 9.17) is 0 Å². The van der Waals surface area contributed by atoms with Crippen LogP contribution in [0.1, 0.15) is 21.7 Å². The second-order valence-corrected chi connectivity index (χ2v) is 3.45. The highest BCUT2D eigenvalue weighted by molar-refractivity contribution is 5.98. The lowest BCUT2D eigenvalue weighted by atomic mass is 10.0. The van der Waals surface area contributed by atoms with Crippen molar-refractivity contribution in [1.29, 1.82) is 0 Å². The highest BCUT2D eigenvalue weighted by Gasteiger charge is 2.09. The Morgan fingerprint density at radius 3 is 2.87 bits per heavy atom. The molecule has 2 aromatic rings. The van der Waals surface area contributed by atoms with Crippen LogP contribution in [0.3, 0.4) is 0 Å². The van der Waals surface area contributed by atoms with Crippen molar-refractivity contribution in [3.05, 3.63) is 53.6 Å². The van der Waals surface area contributed by atoms with Crippen LogP contribution in [0, 0.1) is 6.92 Å². The van der Waals surface area contributed by atoms with Gasteiger partial charge in [-0.3, -0.25) is 4.79 Å². The van der Waals surface area contributed by atoms with Crippen molar-refractivity contribution in [3.63, 3.8) is 0 Å². The lowest BCUT2D eigenvalue weighted by Gasteiger charge is -2.02. The van der Waals surface area contributed by atoms with Gasteiger partial charge in [-0.05, 0) is 12.5 Å². The van der Waals surface area contributed by atoms with Crippen molar-refractivity contribution in [3.8, 4) is 0 Å². The van der Waals surface area contributed by atoms with Crippen LogP contribution in [-0.4, -0.2) is 15.8 Å². The summed E-state index contributed by atoms with van der Waals surface area (Å²) in [5, 5.41) is 0.